The van der Waals surface area contributed by atoms with E-state index in [-0.39, 0.29) is 23.8 Å². The molecule has 0 radical (unpaired) electrons. The molecule has 1 heterocycles. The number of carbonyl (C=O) groups excluding carboxylic acids is 2. The molecule has 7 heteroatoms. The quantitative estimate of drug-likeness (QED) is 0.500. The number of ether oxygens (including phenoxy) is 1. The molecular formula is C24H25NO5S. The minimum absolute atomic E-state index is 0.0895. The Hall–Kier alpha value is -2.93. The molecular weight excluding hydrogens is 414 g/mol. The summed E-state index contributed by atoms with van der Waals surface area (Å²) in [6.07, 6.45) is 4.21. The van der Waals surface area contributed by atoms with Crippen LogP contribution in [0.4, 0.5) is 5.00 Å². The van der Waals surface area contributed by atoms with E-state index in [4.69, 9.17) is 4.74 Å². The van der Waals surface area contributed by atoms with Gasteiger partial charge in [-0.1, -0.05) is 42.0 Å². The van der Waals surface area contributed by atoms with Gasteiger partial charge in [-0.3, -0.25) is 9.59 Å². The van der Waals surface area contributed by atoms with Crippen LogP contribution in [-0.2, 0) is 14.3 Å². The zero-order valence-electron chi connectivity index (χ0n) is 17.6. The number of allylic oxidation sites excluding steroid dienone is 2. The van der Waals surface area contributed by atoms with Crippen molar-refractivity contribution in [2.45, 2.75) is 33.3 Å². The number of fused-ring (bicyclic) bond motifs is 2. The average molecular weight is 440 g/mol. The molecule has 2 aliphatic carbocycles. The minimum atomic E-state index is -0.955. The lowest BCUT2D eigenvalue weighted by Crippen LogP contribution is -2.36. The lowest BCUT2D eigenvalue weighted by molar-refractivity contribution is -0.146. The number of hydrogen-bond acceptors (Lipinski definition) is 5. The first kappa shape index (κ1) is 21.3. The number of rotatable bonds is 6. The van der Waals surface area contributed by atoms with Gasteiger partial charge >= 0.3 is 11.9 Å². The predicted octanol–water partition coefficient (Wildman–Crippen LogP) is 4.75. The maximum atomic E-state index is 13.2. The second kappa shape index (κ2) is 8.30. The van der Waals surface area contributed by atoms with Gasteiger partial charge in [-0.05, 0) is 44.6 Å². The molecule has 1 aromatic heterocycles. The predicted molar refractivity (Wildman–Crippen MR) is 119 cm³/mol. The van der Waals surface area contributed by atoms with Gasteiger partial charge in [0.05, 0.1) is 17.9 Å². The summed E-state index contributed by atoms with van der Waals surface area (Å²) < 4.78 is 5.45. The first-order valence-electron chi connectivity index (χ1n) is 10.4. The molecule has 2 N–H and O–H groups in total. The van der Waals surface area contributed by atoms with Crippen LogP contribution in [0, 0.1) is 30.6 Å². The van der Waals surface area contributed by atoms with E-state index in [0.717, 1.165) is 11.1 Å². The third-order valence-corrected chi connectivity index (χ3v) is 6.85. The fraction of sp³-hybridized carbons (Fsp3) is 0.375. The van der Waals surface area contributed by atoms with E-state index >= 15 is 0 Å². The molecule has 4 atom stereocenters. The largest absolute Gasteiger partial charge is 0.481 e. The molecule has 1 fully saturated rings. The summed E-state index contributed by atoms with van der Waals surface area (Å²) in [5, 5.41) is 14.7. The maximum Gasteiger partial charge on any atom is 0.342 e. The molecule has 31 heavy (non-hydrogen) atoms. The van der Waals surface area contributed by atoms with Gasteiger partial charge in [-0.2, -0.15) is 0 Å². The highest BCUT2D eigenvalue weighted by molar-refractivity contribution is 7.15. The number of nitrogens with one attached hydrogen (secondary N) is 1. The molecule has 1 aromatic carbocycles. The Bertz CT molecular complexity index is 1070. The lowest BCUT2D eigenvalue weighted by atomic mass is 9.82. The van der Waals surface area contributed by atoms with Crippen LogP contribution in [0.5, 0.6) is 0 Å². The Kier molecular flexibility index (Phi) is 5.71. The van der Waals surface area contributed by atoms with Crippen LogP contribution in [0.3, 0.4) is 0 Å². The van der Waals surface area contributed by atoms with Gasteiger partial charge in [0.15, 0.2) is 0 Å². The van der Waals surface area contributed by atoms with Crippen molar-refractivity contribution in [3.8, 4) is 11.1 Å². The van der Waals surface area contributed by atoms with E-state index in [1.807, 2.05) is 48.7 Å². The Balaban J connectivity index is 1.68. The third-order valence-electron chi connectivity index (χ3n) is 5.95. The molecule has 0 saturated heterocycles. The van der Waals surface area contributed by atoms with Gasteiger partial charge in [-0.15, -0.1) is 11.3 Å². The zero-order chi connectivity index (χ0) is 22.3. The van der Waals surface area contributed by atoms with Gasteiger partial charge in [0, 0.05) is 10.9 Å². The number of aliphatic carboxylic acids is 1. The maximum absolute atomic E-state index is 13.2. The minimum Gasteiger partial charge on any atom is -0.481 e. The fourth-order valence-electron chi connectivity index (χ4n) is 4.66. The van der Waals surface area contributed by atoms with Crippen molar-refractivity contribution < 1.29 is 24.2 Å². The van der Waals surface area contributed by atoms with Crippen molar-refractivity contribution in [3.05, 3.63) is 52.9 Å². The lowest BCUT2D eigenvalue weighted by Gasteiger charge is -2.23. The molecule has 2 aliphatic rings. The molecule has 0 aliphatic heterocycles. The topological polar surface area (TPSA) is 92.7 Å². The van der Waals surface area contributed by atoms with Crippen molar-refractivity contribution >= 4 is 34.2 Å². The molecule has 0 spiro atoms. The monoisotopic (exact) mass is 439 g/mol. The van der Waals surface area contributed by atoms with Crippen LogP contribution in [0.2, 0.25) is 0 Å². The number of thiophene rings is 1. The summed E-state index contributed by atoms with van der Waals surface area (Å²) in [4.78, 5) is 37.9. The Labute approximate surface area is 184 Å². The van der Waals surface area contributed by atoms with Crippen molar-refractivity contribution in [3.63, 3.8) is 0 Å². The molecule has 1 amide bonds. The number of carbonyl (C=O) groups is 3. The van der Waals surface area contributed by atoms with Gasteiger partial charge in [0.25, 0.3) is 0 Å². The van der Waals surface area contributed by atoms with Gasteiger partial charge < -0.3 is 15.2 Å². The second-order valence-electron chi connectivity index (χ2n) is 8.50. The molecule has 162 valence electrons. The normalized spacial score (nSPS) is 23.9. The van der Waals surface area contributed by atoms with E-state index in [1.165, 1.54) is 11.3 Å². The summed E-state index contributed by atoms with van der Waals surface area (Å²) in [6.45, 7) is 5.52. The van der Waals surface area contributed by atoms with E-state index in [9.17, 15) is 19.5 Å². The zero-order valence-corrected chi connectivity index (χ0v) is 18.4. The van der Waals surface area contributed by atoms with Crippen molar-refractivity contribution in [1.82, 2.24) is 0 Å². The van der Waals surface area contributed by atoms with Crippen molar-refractivity contribution in [1.29, 1.82) is 0 Å². The molecule has 6 nitrogen and oxygen atoms in total. The molecule has 0 unspecified atom stereocenters. The van der Waals surface area contributed by atoms with Gasteiger partial charge in [0.2, 0.25) is 5.91 Å². The second-order valence-corrected chi connectivity index (χ2v) is 9.38. The number of anilines is 1. The van der Waals surface area contributed by atoms with Crippen LogP contribution in [-0.4, -0.2) is 29.1 Å². The van der Waals surface area contributed by atoms with E-state index < -0.39 is 23.8 Å². The van der Waals surface area contributed by atoms with Crippen LogP contribution in [0.25, 0.3) is 11.1 Å². The summed E-state index contributed by atoms with van der Waals surface area (Å²) in [6, 6.07) is 7.77. The van der Waals surface area contributed by atoms with Gasteiger partial charge in [0.1, 0.15) is 10.6 Å². The number of carboxylic acids is 1. The van der Waals surface area contributed by atoms with Gasteiger partial charge in [-0.25, -0.2) is 4.79 Å². The first-order valence-corrected chi connectivity index (χ1v) is 11.3. The molecule has 1 saturated carbocycles. The van der Waals surface area contributed by atoms with Crippen LogP contribution < -0.4 is 5.32 Å². The first-order chi connectivity index (χ1) is 14.8. The SMILES string of the molecule is Cc1cccc(-c2csc(NC(=O)[C@H]3[C@H](C(=O)O)[C@H]4C=C[C@H]3C4)c2C(=O)OC(C)C)c1. The fourth-order valence-corrected chi connectivity index (χ4v) is 5.62. The van der Waals surface area contributed by atoms with Crippen molar-refractivity contribution in [2.24, 2.45) is 23.7 Å². The molecule has 2 bridgehead atoms. The highest BCUT2D eigenvalue weighted by Crippen LogP contribution is 2.49. The van der Waals surface area contributed by atoms with Crippen LogP contribution >= 0.6 is 11.3 Å². The number of amides is 1. The van der Waals surface area contributed by atoms with Crippen LogP contribution in [0.1, 0.15) is 36.2 Å². The van der Waals surface area contributed by atoms with Crippen LogP contribution in [0.15, 0.2) is 41.8 Å². The highest BCUT2D eigenvalue weighted by Gasteiger charge is 2.51. The standard InChI is InChI=1S/C24H25NO5S/c1-12(2)30-24(29)20-17(14-6-4-5-13(3)9-14)11-31-22(20)25-21(26)18-15-7-8-16(10-15)19(18)23(27)28/h4-9,11-12,15-16,18-19H,10H2,1-3H3,(H,25,26)(H,27,28)/t15-,16-,18+,19+/m0/s1. The van der Waals surface area contributed by atoms with E-state index in [2.05, 4.69) is 5.32 Å². The number of benzene rings is 1. The number of esters is 1. The van der Waals surface area contributed by atoms with Crippen molar-refractivity contribution in [2.75, 3.05) is 5.32 Å². The number of hydrogen-bond donors (Lipinski definition) is 2. The van der Waals surface area contributed by atoms with E-state index in [1.54, 1.807) is 13.8 Å². The molecule has 4 rings (SSSR count). The Morgan fingerprint density at radius 3 is 2.52 bits per heavy atom. The third kappa shape index (κ3) is 4.02. The summed E-state index contributed by atoms with van der Waals surface area (Å²) >= 11 is 1.25. The Morgan fingerprint density at radius 2 is 1.87 bits per heavy atom. The smallest absolute Gasteiger partial charge is 0.342 e. The molecule has 2 aromatic rings. The average Bonchev–Trinajstić information content (AvgIpc) is 3.41. The number of aryl methyl sites for hydroxylation is 1. The summed E-state index contributed by atoms with van der Waals surface area (Å²) in [5.74, 6) is -3.42. The Morgan fingerprint density at radius 1 is 1.16 bits per heavy atom. The highest BCUT2D eigenvalue weighted by atomic mass is 32.1. The number of carboxylic acid groups (broad SMARTS) is 1. The summed E-state index contributed by atoms with van der Waals surface area (Å²) in [5.41, 5.74) is 2.91. The summed E-state index contributed by atoms with van der Waals surface area (Å²) in [7, 11) is 0. The van der Waals surface area contributed by atoms with E-state index in [0.29, 0.717) is 22.5 Å².